The second-order valence-electron chi connectivity index (χ2n) is 15.0. The Morgan fingerprint density at radius 3 is 1.98 bits per heavy atom. The van der Waals surface area contributed by atoms with Crippen molar-refractivity contribution in [2.75, 3.05) is 24.7 Å². The van der Waals surface area contributed by atoms with E-state index >= 15 is 8.78 Å². The summed E-state index contributed by atoms with van der Waals surface area (Å²) in [6.07, 6.45) is 0. The lowest BCUT2D eigenvalue weighted by atomic mass is 9.83. The summed E-state index contributed by atoms with van der Waals surface area (Å²) in [5.41, 5.74) is -1.06. The van der Waals surface area contributed by atoms with Gasteiger partial charge in [-0.25, -0.2) is 13.4 Å². The molecule has 0 saturated carbocycles. The third-order valence-electron chi connectivity index (χ3n) is 11.1. The van der Waals surface area contributed by atoms with Crippen molar-refractivity contribution in [2.24, 2.45) is 0 Å². The van der Waals surface area contributed by atoms with Crippen molar-refractivity contribution in [2.45, 2.75) is 57.0 Å². The van der Waals surface area contributed by atoms with Crippen molar-refractivity contribution in [1.82, 2.24) is 4.58 Å². The van der Waals surface area contributed by atoms with E-state index in [4.69, 9.17) is 4.74 Å². The van der Waals surface area contributed by atoms with Gasteiger partial charge in [-0.05, 0) is 49.7 Å². The van der Waals surface area contributed by atoms with Crippen molar-refractivity contribution in [3.63, 3.8) is 0 Å². The van der Waals surface area contributed by atoms with E-state index in [9.17, 15) is 48.8 Å². The Bertz CT molecular complexity index is 3260. The lowest BCUT2D eigenvalue weighted by Crippen LogP contribution is -2.46. The van der Waals surface area contributed by atoms with Gasteiger partial charge in [0.15, 0.2) is 5.54 Å². The molecule has 4 N–H and O–H groups in total. The van der Waals surface area contributed by atoms with Crippen LogP contribution >= 0.6 is 34.4 Å². The maximum Gasteiger partial charge on any atom is 0.313 e. The van der Waals surface area contributed by atoms with E-state index in [1.807, 2.05) is 37.2 Å². The van der Waals surface area contributed by atoms with Crippen LogP contribution in [0.5, 0.6) is 11.5 Å². The molecule has 2 aromatic heterocycles. The number of ether oxygens (including phenoxy) is 1. The molecule has 14 nitrogen and oxygen atoms in total. The predicted octanol–water partition coefficient (Wildman–Crippen LogP) is 5.75. The molecule has 0 fully saturated rings. The summed E-state index contributed by atoms with van der Waals surface area (Å²) in [5.74, 6) is -5.16. The normalized spacial score (nSPS) is 16.4. The van der Waals surface area contributed by atoms with Crippen molar-refractivity contribution >= 4 is 82.0 Å². The number of rotatable bonds is 7. The quantitative estimate of drug-likeness (QED) is 0.0853. The van der Waals surface area contributed by atoms with Crippen LogP contribution in [0.1, 0.15) is 49.9 Å². The molecule has 5 heterocycles. The monoisotopic (exact) mass is 925 g/mol. The third kappa shape index (κ3) is 6.33. The molecule has 0 radical (unpaired) electrons. The van der Waals surface area contributed by atoms with Crippen LogP contribution in [0.15, 0.2) is 60.7 Å². The second-order valence-corrected chi connectivity index (χ2v) is 22.8. The number of carboxylic acids is 1. The highest BCUT2D eigenvalue weighted by Crippen LogP contribution is 2.55. The Morgan fingerprint density at radius 1 is 0.814 bits per heavy atom. The van der Waals surface area contributed by atoms with Crippen LogP contribution < -0.4 is 24.8 Å². The zero-order chi connectivity index (χ0) is 43.3. The minimum Gasteiger partial charge on any atom is -0.481 e. The van der Waals surface area contributed by atoms with Gasteiger partial charge in [-0.1, -0.05) is 0 Å². The predicted molar refractivity (Wildman–Crippen MR) is 216 cm³/mol. The van der Waals surface area contributed by atoms with Crippen LogP contribution in [0.3, 0.4) is 0 Å². The largest absolute Gasteiger partial charge is 0.481 e. The first-order chi connectivity index (χ1) is 27.1. The smallest absolute Gasteiger partial charge is 0.313 e. The van der Waals surface area contributed by atoms with Gasteiger partial charge in [0.2, 0.25) is 5.36 Å². The summed E-state index contributed by atoms with van der Waals surface area (Å²) in [6, 6.07) is 9.14. The highest BCUT2D eigenvalue weighted by atomic mass is 32.3. The van der Waals surface area contributed by atoms with Gasteiger partial charge in [-0.2, -0.15) is 25.3 Å². The van der Waals surface area contributed by atoms with E-state index in [0.29, 0.717) is 60.9 Å². The van der Waals surface area contributed by atoms with Crippen LogP contribution in [0.25, 0.3) is 26.5 Å². The molecule has 0 spiro atoms. The number of thioether (sulfide) groups is 1. The van der Waals surface area contributed by atoms with Gasteiger partial charge in [0.25, 0.3) is 10.1 Å². The Hall–Kier alpha value is -4.26. The van der Waals surface area contributed by atoms with Gasteiger partial charge >= 0.3 is 26.2 Å². The number of hydrogen-bond acceptors (Lipinski definition) is 12. The van der Waals surface area contributed by atoms with E-state index in [-0.39, 0.29) is 36.3 Å². The average Bonchev–Trinajstić information content (AvgIpc) is 3.79. The molecule has 0 atom stereocenters. The van der Waals surface area contributed by atoms with E-state index in [2.05, 4.69) is 0 Å². The summed E-state index contributed by atoms with van der Waals surface area (Å²) >= 11 is 1.85. The molecule has 310 valence electrons. The molecule has 5 aromatic rings. The van der Waals surface area contributed by atoms with E-state index < -0.39 is 80.1 Å². The van der Waals surface area contributed by atoms with Gasteiger partial charge in [0.1, 0.15) is 43.5 Å². The van der Waals surface area contributed by atoms with Crippen molar-refractivity contribution in [3.8, 4) is 32.4 Å². The molecule has 3 aromatic carbocycles. The van der Waals surface area contributed by atoms with Crippen LogP contribution in [-0.4, -0.2) is 69.8 Å². The fourth-order valence-electron chi connectivity index (χ4n) is 7.72. The van der Waals surface area contributed by atoms with Gasteiger partial charge < -0.3 is 14.7 Å². The summed E-state index contributed by atoms with van der Waals surface area (Å²) in [5, 5.41) is 9.81. The van der Waals surface area contributed by atoms with Gasteiger partial charge in [-0.3, -0.25) is 18.5 Å². The van der Waals surface area contributed by atoms with Crippen LogP contribution in [0, 0.1) is 11.6 Å². The highest BCUT2D eigenvalue weighted by molar-refractivity contribution is 8.00. The molecule has 0 unspecified atom stereocenters. The Labute approximate surface area is 348 Å². The zero-order valence-corrected chi connectivity index (χ0v) is 36.3. The van der Waals surface area contributed by atoms with E-state index in [1.165, 1.54) is 24.3 Å². The van der Waals surface area contributed by atoms with E-state index in [1.54, 1.807) is 26.2 Å². The average molecular weight is 926 g/mol. The van der Waals surface area contributed by atoms with Crippen molar-refractivity contribution < 1.29 is 62.3 Å². The molecule has 59 heavy (non-hydrogen) atoms. The topological polar surface area (TPSA) is 216 Å². The number of thiophene rings is 2. The maximum absolute atomic E-state index is 17.2. The van der Waals surface area contributed by atoms with Gasteiger partial charge in [-0.15, -0.1) is 34.4 Å². The van der Waals surface area contributed by atoms with Crippen LogP contribution in [0.2, 0.25) is 0 Å². The van der Waals surface area contributed by atoms with E-state index in [0.717, 1.165) is 22.7 Å². The standard InChI is InChI=1S/C37H30F2N2O12S6/c1-36(2)19-9-28(57(44,45)46)55-33(19)15-7-17-24(12-22(15)40(36)5)53-25-13-23-16(34-20(37(3,4)41(23)6)10-29(56-34)58(47,48)49)8-18(25)30(17)31-32(39)26(54-14-27(42)43)11-21(38)35(31)59(50,51)52/h7-13H,14H2,1-6H3,(H3-,42,43,44,45,46,47,48,49,50,51,52)/p+1. The number of fused-ring (bicyclic) bond motifs is 8. The molecule has 0 aliphatic carbocycles. The molecular formula is C37H31F2N2O12S6+. The number of nitrogens with zero attached hydrogens (tertiary/aromatic N) is 2. The fraction of sp³-hybridized carbons (Fsp3) is 0.243. The minimum atomic E-state index is -5.60. The molecule has 0 saturated heterocycles. The number of halogens is 2. The minimum absolute atomic E-state index is 0.00302. The van der Waals surface area contributed by atoms with Crippen molar-refractivity contribution in [3.05, 3.63) is 86.9 Å². The van der Waals surface area contributed by atoms with Gasteiger partial charge in [0, 0.05) is 75.5 Å². The lowest BCUT2D eigenvalue weighted by Gasteiger charge is -2.43. The Balaban J connectivity index is 1.58. The van der Waals surface area contributed by atoms with Gasteiger partial charge in [0.05, 0.1) is 27.8 Å². The Kier molecular flexibility index (Phi) is 9.22. The first-order valence-corrected chi connectivity index (χ1v) is 24.1. The number of benzene rings is 3. The first kappa shape index (κ1) is 41.5. The molecule has 8 rings (SSSR count). The third-order valence-corrected chi connectivity index (χ3v) is 17.9. The number of anilines is 1. The summed E-state index contributed by atoms with van der Waals surface area (Å²) in [7, 11) is -11.5. The molecule has 0 amide bonds. The maximum atomic E-state index is 17.2. The summed E-state index contributed by atoms with van der Waals surface area (Å²) < 4.78 is 147. The summed E-state index contributed by atoms with van der Waals surface area (Å²) in [6.45, 7) is 7.26. The molecule has 22 heteroatoms. The Morgan fingerprint density at radius 2 is 1.41 bits per heavy atom. The first-order valence-electron chi connectivity index (χ1n) is 17.1. The molecular weight excluding hydrogens is 895 g/mol. The van der Waals surface area contributed by atoms with Crippen LogP contribution in [0.4, 0.5) is 14.5 Å². The number of carboxylic acid groups (broad SMARTS) is 1. The summed E-state index contributed by atoms with van der Waals surface area (Å²) in [4.78, 5) is 12.0. The molecule has 3 aliphatic rings. The lowest BCUT2D eigenvalue weighted by molar-refractivity contribution is -0.133. The SMILES string of the molecule is CN1c2cc3c(cc2-c2sc(S(=O)(=O)O)cc2C1(C)C)C(c1c(F)c(SCC(=O)O)cc(F)c1S(=O)(=O)O)=c1cc2c(cc1O3)=[N+](C)C(C)(C)c1cc(S(=O)(=O)O)sc1-2. The highest BCUT2D eigenvalue weighted by Gasteiger charge is 2.44. The number of hydrogen-bond donors (Lipinski definition) is 4. The van der Waals surface area contributed by atoms with Crippen molar-refractivity contribution in [1.29, 1.82) is 0 Å². The zero-order valence-electron chi connectivity index (χ0n) is 31.4. The second kappa shape index (κ2) is 13.1. The number of carbonyl (C=O) groups is 1. The molecule has 3 aliphatic heterocycles. The number of aliphatic carboxylic acids is 1. The van der Waals surface area contributed by atoms with Crippen LogP contribution in [-0.2, 0) is 46.2 Å². The fourth-order valence-corrected chi connectivity index (χ4v) is 13.2. The molecule has 0 bridgehead atoms.